The summed E-state index contributed by atoms with van der Waals surface area (Å²) in [5.41, 5.74) is 0. The van der Waals surface area contributed by atoms with Gasteiger partial charge in [-0.15, -0.1) is 0 Å². The molecule has 4 nitrogen and oxygen atoms in total. The summed E-state index contributed by atoms with van der Waals surface area (Å²) in [6, 6.07) is 0. The van der Waals surface area contributed by atoms with Gasteiger partial charge < -0.3 is 9.26 Å². The second kappa shape index (κ2) is 8.71. The Morgan fingerprint density at radius 1 is 1.11 bits per heavy atom. The van der Waals surface area contributed by atoms with Gasteiger partial charge in [0.2, 0.25) is 7.37 Å². The summed E-state index contributed by atoms with van der Waals surface area (Å²) in [5.74, 6) is 0.382. The van der Waals surface area contributed by atoms with Crippen LogP contribution in [-0.4, -0.2) is 31.5 Å². The second-order valence-electron chi connectivity index (χ2n) is 5.37. The third-order valence-electron chi connectivity index (χ3n) is 2.36. The van der Waals surface area contributed by atoms with Crippen molar-refractivity contribution in [2.45, 2.75) is 41.0 Å². The molecule has 0 aliphatic heterocycles. The number of carbonyl (C=O) groups excluding carboxylic acids is 1. The molecule has 5 heteroatoms. The van der Waals surface area contributed by atoms with Crippen molar-refractivity contribution in [2.75, 3.05) is 25.5 Å². The van der Waals surface area contributed by atoms with Gasteiger partial charge >= 0.3 is 5.97 Å². The fraction of sp³-hybridized carbons (Fsp3) is 0.923. The van der Waals surface area contributed by atoms with Gasteiger partial charge in [0, 0.05) is 12.3 Å². The zero-order chi connectivity index (χ0) is 14.2. The highest BCUT2D eigenvalue weighted by atomic mass is 31.2. The standard InChI is InChI=1S/C13H27O4P/c1-6-18(15,17-10-12(4)5)8-7-13(14)16-9-11(2)3/h11-12H,6-10H2,1-5H3. The van der Waals surface area contributed by atoms with Crippen molar-refractivity contribution in [3.63, 3.8) is 0 Å². The Bertz CT molecular complexity index is 287. The molecule has 0 saturated carbocycles. The van der Waals surface area contributed by atoms with Gasteiger partial charge in [0.05, 0.1) is 19.6 Å². The maximum absolute atomic E-state index is 12.3. The zero-order valence-electron chi connectivity index (χ0n) is 12.3. The minimum atomic E-state index is -2.66. The molecule has 0 aliphatic rings. The van der Waals surface area contributed by atoms with E-state index in [1.807, 2.05) is 34.6 Å². The van der Waals surface area contributed by atoms with Crippen molar-refractivity contribution in [1.29, 1.82) is 0 Å². The van der Waals surface area contributed by atoms with Crippen LogP contribution >= 0.6 is 7.37 Å². The van der Waals surface area contributed by atoms with Crippen LogP contribution in [0.5, 0.6) is 0 Å². The Balaban J connectivity index is 4.05. The molecule has 0 rings (SSSR count). The lowest BCUT2D eigenvalue weighted by Gasteiger charge is -2.18. The van der Waals surface area contributed by atoms with E-state index in [1.165, 1.54) is 0 Å². The van der Waals surface area contributed by atoms with E-state index in [-0.39, 0.29) is 18.6 Å². The molecular formula is C13H27O4P. The fourth-order valence-corrected chi connectivity index (χ4v) is 2.91. The number of ether oxygens (including phenoxy) is 1. The number of esters is 1. The average molecular weight is 278 g/mol. The van der Waals surface area contributed by atoms with Crippen molar-refractivity contribution in [1.82, 2.24) is 0 Å². The molecule has 1 unspecified atom stereocenters. The van der Waals surface area contributed by atoms with Crippen LogP contribution < -0.4 is 0 Å². The van der Waals surface area contributed by atoms with E-state index in [0.717, 1.165) is 0 Å². The van der Waals surface area contributed by atoms with Crippen LogP contribution in [0.3, 0.4) is 0 Å². The molecule has 0 aliphatic carbocycles. The molecule has 0 heterocycles. The van der Waals surface area contributed by atoms with E-state index >= 15 is 0 Å². The van der Waals surface area contributed by atoms with Crippen LogP contribution in [0.15, 0.2) is 0 Å². The van der Waals surface area contributed by atoms with Crippen LogP contribution in [0.1, 0.15) is 41.0 Å². The van der Waals surface area contributed by atoms with E-state index in [1.54, 1.807) is 0 Å². The van der Waals surface area contributed by atoms with E-state index < -0.39 is 7.37 Å². The molecule has 0 amide bonds. The van der Waals surface area contributed by atoms with E-state index in [2.05, 4.69) is 0 Å². The normalized spacial score (nSPS) is 14.8. The molecule has 108 valence electrons. The summed E-state index contributed by atoms with van der Waals surface area (Å²) in [5, 5.41) is 0. The van der Waals surface area contributed by atoms with E-state index in [4.69, 9.17) is 9.26 Å². The summed E-state index contributed by atoms with van der Waals surface area (Å²) in [7, 11) is -2.66. The van der Waals surface area contributed by atoms with Gasteiger partial charge in [0.15, 0.2) is 0 Å². The zero-order valence-corrected chi connectivity index (χ0v) is 13.2. The largest absolute Gasteiger partial charge is 0.465 e. The predicted molar refractivity (Wildman–Crippen MR) is 74.2 cm³/mol. The molecule has 0 fully saturated rings. The number of hydrogen-bond acceptors (Lipinski definition) is 4. The van der Waals surface area contributed by atoms with Crippen molar-refractivity contribution in [3.8, 4) is 0 Å². The molecule has 0 N–H and O–H groups in total. The second-order valence-corrected chi connectivity index (χ2v) is 8.34. The van der Waals surface area contributed by atoms with Gasteiger partial charge in [-0.2, -0.15) is 0 Å². The molecule has 0 radical (unpaired) electrons. The molecule has 0 aromatic carbocycles. The first-order valence-electron chi connectivity index (χ1n) is 6.67. The lowest BCUT2D eigenvalue weighted by molar-refractivity contribution is -0.144. The monoisotopic (exact) mass is 278 g/mol. The molecule has 18 heavy (non-hydrogen) atoms. The van der Waals surface area contributed by atoms with Crippen molar-refractivity contribution < 1.29 is 18.6 Å². The summed E-state index contributed by atoms with van der Waals surface area (Å²) in [6.07, 6.45) is 0.931. The predicted octanol–water partition coefficient (Wildman–Crippen LogP) is 3.55. The highest BCUT2D eigenvalue weighted by molar-refractivity contribution is 7.58. The van der Waals surface area contributed by atoms with Crippen LogP contribution in [0.2, 0.25) is 0 Å². The lowest BCUT2D eigenvalue weighted by Crippen LogP contribution is -2.13. The molecule has 0 aromatic rings. The molecular weight excluding hydrogens is 251 g/mol. The first kappa shape index (κ1) is 17.7. The minimum absolute atomic E-state index is 0.177. The number of carbonyl (C=O) groups is 1. The Hall–Kier alpha value is -0.340. The van der Waals surface area contributed by atoms with E-state index in [9.17, 15) is 9.36 Å². The topological polar surface area (TPSA) is 52.6 Å². The Morgan fingerprint density at radius 3 is 2.11 bits per heavy atom. The van der Waals surface area contributed by atoms with Gasteiger partial charge in [-0.05, 0) is 11.8 Å². The smallest absolute Gasteiger partial charge is 0.306 e. The molecule has 1 atom stereocenters. The van der Waals surface area contributed by atoms with Gasteiger partial charge in [0.25, 0.3) is 0 Å². The van der Waals surface area contributed by atoms with Gasteiger partial charge in [-0.25, -0.2) is 0 Å². The van der Waals surface area contributed by atoms with Crippen molar-refractivity contribution in [2.24, 2.45) is 11.8 Å². The first-order chi connectivity index (χ1) is 8.29. The SMILES string of the molecule is CCP(=O)(CCC(=O)OCC(C)C)OCC(C)C. The van der Waals surface area contributed by atoms with Crippen LogP contribution in [0, 0.1) is 11.8 Å². The third-order valence-corrected chi connectivity index (χ3v) is 4.85. The summed E-state index contributed by atoms with van der Waals surface area (Å²) in [6.45, 7) is 10.7. The van der Waals surface area contributed by atoms with Gasteiger partial charge in [-0.1, -0.05) is 34.6 Å². The number of rotatable bonds is 9. The summed E-state index contributed by atoms with van der Waals surface area (Å²) >= 11 is 0. The maximum Gasteiger partial charge on any atom is 0.306 e. The number of hydrogen-bond donors (Lipinski definition) is 0. The average Bonchev–Trinajstić information content (AvgIpc) is 2.31. The summed E-state index contributed by atoms with van der Waals surface area (Å²) < 4.78 is 22.8. The molecule has 0 saturated heterocycles. The first-order valence-corrected chi connectivity index (χ1v) is 8.66. The Morgan fingerprint density at radius 2 is 1.67 bits per heavy atom. The third kappa shape index (κ3) is 8.71. The van der Waals surface area contributed by atoms with Crippen LogP contribution in [-0.2, 0) is 18.6 Å². The quantitative estimate of drug-likeness (QED) is 0.478. The van der Waals surface area contributed by atoms with Crippen molar-refractivity contribution in [3.05, 3.63) is 0 Å². The molecule has 0 bridgehead atoms. The van der Waals surface area contributed by atoms with Crippen LogP contribution in [0.4, 0.5) is 0 Å². The minimum Gasteiger partial charge on any atom is -0.465 e. The summed E-state index contributed by atoms with van der Waals surface area (Å²) in [4.78, 5) is 11.4. The van der Waals surface area contributed by atoms with Gasteiger partial charge in [0.1, 0.15) is 0 Å². The fourth-order valence-electron chi connectivity index (χ4n) is 1.19. The highest BCUT2D eigenvalue weighted by Crippen LogP contribution is 2.47. The Labute approximate surface area is 111 Å². The Kier molecular flexibility index (Phi) is 8.54. The van der Waals surface area contributed by atoms with E-state index in [0.29, 0.717) is 31.2 Å². The van der Waals surface area contributed by atoms with Crippen LogP contribution in [0.25, 0.3) is 0 Å². The maximum atomic E-state index is 12.3. The highest BCUT2D eigenvalue weighted by Gasteiger charge is 2.22. The molecule has 0 spiro atoms. The van der Waals surface area contributed by atoms with Crippen molar-refractivity contribution >= 4 is 13.3 Å². The molecule has 0 aromatic heterocycles. The van der Waals surface area contributed by atoms with Gasteiger partial charge in [-0.3, -0.25) is 9.36 Å². The lowest BCUT2D eigenvalue weighted by atomic mass is 10.2.